The molecule has 1 heterocycles. The Hall–Kier alpha value is -6.06. The van der Waals surface area contributed by atoms with Crippen molar-refractivity contribution in [1.29, 1.82) is 0 Å². The van der Waals surface area contributed by atoms with Crippen LogP contribution in [-0.4, -0.2) is 4.57 Å². The fraction of sp³-hybridized carbons (Fsp3) is 0. The van der Waals surface area contributed by atoms with E-state index in [1.807, 2.05) is 48.5 Å². The highest BCUT2D eigenvalue weighted by molar-refractivity contribution is 6.31. The van der Waals surface area contributed by atoms with Crippen LogP contribution in [0.1, 0.15) is 0 Å². The average molecular weight is 708 g/mol. The maximum atomic E-state index is 6.26. The van der Waals surface area contributed by atoms with Crippen molar-refractivity contribution in [3.63, 3.8) is 0 Å². The molecule has 0 saturated heterocycles. The minimum absolute atomic E-state index is 0.701. The first kappa shape index (κ1) is 31.9. The summed E-state index contributed by atoms with van der Waals surface area (Å²) in [7, 11) is 0. The number of benzene rings is 8. The lowest BCUT2D eigenvalue weighted by atomic mass is 9.99. The summed E-state index contributed by atoms with van der Waals surface area (Å²) in [6.07, 6.45) is 0. The molecule has 9 aromatic rings. The number of para-hydroxylation sites is 1. The summed E-state index contributed by atoms with van der Waals surface area (Å²) in [6.45, 7) is 0. The van der Waals surface area contributed by atoms with Gasteiger partial charge >= 0.3 is 0 Å². The van der Waals surface area contributed by atoms with Gasteiger partial charge in [-0.1, -0.05) is 126 Å². The number of hydrogen-bond donors (Lipinski definition) is 0. The Morgan fingerprint density at radius 1 is 0.327 bits per heavy atom. The van der Waals surface area contributed by atoms with E-state index in [1.165, 1.54) is 44.1 Å². The second-order valence-electron chi connectivity index (χ2n) is 12.9. The van der Waals surface area contributed by atoms with E-state index < -0.39 is 0 Å². The third kappa shape index (κ3) is 6.03. The quantitative estimate of drug-likeness (QED) is 0.160. The number of nitrogens with zero attached hydrogens (tertiary/aromatic N) is 2. The van der Waals surface area contributed by atoms with Gasteiger partial charge in [0.1, 0.15) is 0 Å². The van der Waals surface area contributed by atoms with E-state index in [2.05, 4.69) is 155 Å². The lowest BCUT2D eigenvalue weighted by Crippen LogP contribution is -2.09. The van der Waals surface area contributed by atoms with Crippen LogP contribution in [0.3, 0.4) is 0 Å². The highest BCUT2D eigenvalue weighted by Gasteiger charge is 2.16. The number of aromatic nitrogens is 1. The first-order valence-electron chi connectivity index (χ1n) is 17.3. The molecule has 0 aliphatic carbocycles. The van der Waals surface area contributed by atoms with Gasteiger partial charge in [-0.2, -0.15) is 0 Å². The molecule has 0 atom stereocenters. The molecule has 0 unspecified atom stereocenters. The predicted molar refractivity (Wildman–Crippen MR) is 222 cm³/mol. The number of rotatable bonds is 7. The Bertz CT molecular complexity index is 2630. The van der Waals surface area contributed by atoms with Crippen molar-refractivity contribution >= 4 is 62.1 Å². The first-order chi connectivity index (χ1) is 25.6. The van der Waals surface area contributed by atoms with E-state index in [0.29, 0.717) is 10.0 Å². The summed E-state index contributed by atoms with van der Waals surface area (Å²) >= 11 is 12.5. The lowest BCUT2D eigenvalue weighted by Gasteiger charge is -2.25. The van der Waals surface area contributed by atoms with Crippen molar-refractivity contribution in [2.45, 2.75) is 0 Å². The molecular formula is C48H32Cl2N2. The summed E-state index contributed by atoms with van der Waals surface area (Å²) in [5.41, 5.74) is 13.6. The SMILES string of the molecule is Clc1ccc(N(c2ccc(Cl)cc2)c2ccc(-c3ccc4c5ccccc5n(-c5cccc(-c6cccc(-c7ccccc7)c6)c5)c4c3)cc2)cc1. The van der Waals surface area contributed by atoms with Gasteiger partial charge in [0, 0.05) is 43.6 Å². The van der Waals surface area contributed by atoms with E-state index in [0.717, 1.165) is 33.9 Å². The molecule has 0 aliphatic heterocycles. The van der Waals surface area contributed by atoms with Gasteiger partial charge in [-0.05, 0) is 124 Å². The number of hydrogen-bond acceptors (Lipinski definition) is 1. The van der Waals surface area contributed by atoms with Gasteiger partial charge in [0.2, 0.25) is 0 Å². The molecule has 248 valence electrons. The molecule has 9 rings (SSSR count). The lowest BCUT2D eigenvalue weighted by molar-refractivity contribution is 1.18. The van der Waals surface area contributed by atoms with Gasteiger partial charge in [0.15, 0.2) is 0 Å². The molecule has 52 heavy (non-hydrogen) atoms. The number of halogens is 2. The van der Waals surface area contributed by atoms with Crippen LogP contribution in [0.2, 0.25) is 10.0 Å². The molecule has 0 N–H and O–H groups in total. The fourth-order valence-corrected chi connectivity index (χ4v) is 7.44. The molecule has 0 fully saturated rings. The van der Waals surface area contributed by atoms with Gasteiger partial charge in [-0.25, -0.2) is 0 Å². The minimum Gasteiger partial charge on any atom is -0.311 e. The van der Waals surface area contributed by atoms with E-state index in [1.54, 1.807) is 0 Å². The molecule has 0 amide bonds. The topological polar surface area (TPSA) is 8.17 Å². The second-order valence-corrected chi connectivity index (χ2v) is 13.8. The maximum absolute atomic E-state index is 6.26. The number of anilines is 3. The molecule has 0 radical (unpaired) electrons. The molecule has 2 nitrogen and oxygen atoms in total. The second kappa shape index (κ2) is 13.6. The van der Waals surface area contributed by atoms with Crippen molar-refractivity contribution < 1.29 is 0 Å². The molecule has 1 aromatic heterocycles. The predicted octanol–water partition coefficient (Wildman–Crippen LogP) is 14.6. The van der Waals surface area contributed by atoms with Crippen LogP contribution in [0.5, 0.6) is 0 Å². The van der Waals surface area contributed by atoms with Crippen molar-refractivity contribution in [3.8, 4) is 39.1 Å². The maximum Gasteiger partial charge on any atom is 0.0547 e. The number of fused-ring (bicyclic) bond motifs is 3. The fourth-order valence-electron chi connectivity index (χ4n) is 7.19. The van der Waals surface area contributed by atoms with Gasteiger partial charge in [0.05, 0.1) is 11.0 Å². The van der Waals surface area contributed by atoms with Crippen LogP contribution in [0.15, 0.2) is 194 Å². The standard InChI is InChI=1S/C48H32Cl2N2/c49-39-19-25-42(26-20-39)51(43-27-21-40(50)22-28-43)41-23-16-34(17-24-41)38-18-29-46-45-14-4-5-15-47(45)52(48(46)32-38)44-13-7-12-37(31-44)36-11-6-10-35(30-36)33-8-2-1-3-9-33/h1-32H. The van der Waals surface area contributed by atoms with Crippen LogP contribution in [0.4, 0.5) is 17.1 Å². The summed E-state index contributed by atoms with van der Waals surface area (Å²) in [5.74, 6) is 0. The monoisotopic (exact) mass is 706 g/mol. The average Bonchev–Trinajstić information content (AvgIpc) is 3.54. The zero-order chi connectivity index (χ0) is 35.0. The zero-order valence-corrected chi connectivity index (χ0v) is 29.6. The summed E-state index contributed by atoms with van der Waals surface area (Å²) in [5, 5.41) is 3.86. The van der Waals surface area contributed by atoms with E-state index in [4.69, 9.17) is 23.2 Å². The molecule has 0 saturated carbocycles. The minimum atomic E-state index is 0.701. The third-order valence-electron chi connectivity index (χ3n) is 9.71. The molecule has 0 aliphatic rings. The van der Waals surface area contributed by atoms with Gasteiger partial charge in [-0.3, -0.25) is 0 Å². The third-order valence-corrected chi connectivity index (χ3v) is 10.2. The summed E-state index contributed by atoms with van der Waals surface area (Å²) < 4.78 is 2.40. The Kier molecular flexibility index (Phi) is 8.33. The van der Waals surface area contributed by atoms with Crippen LogP contribution in [0.25, 0.3) is 60.9 Å². The van der Waals surface area contributed by atoms with Crippen LogP contribution in [-0.2, 0) is 0 Å². The highest BCUT2D eigenvalue weighted by Crippen LogP contribution is 2.39. The van der Waals surface area contributed by atoms with E-state index in [9.17, 15) is 0 Å². The molecule has 8 aromatic carbocycles. The molecule has 0 spiro atoms. The van der Waals surface area contributed by atoms with Crippen LogP contribution in [0, 0.1) is 0 Å². The Morgan fingerprint density at radius 2 is 0.788 bits per heavy atom. The van der Waals surface area contributed by atoms with Crippen LogP contribution >= 0.6 is 23.2 Å². The largest absolute Gasteiger partial charge is 0.311 e. The van der Waals surface area contributed by atoms with Crippen molar-refractivity contribution in [1.82, 2.24) is 4.57 Å². The highest BCUT2D eigenvalue weighted by atomic mass is 35.5. The Balaban J connectivity index is 1.12. The van der Waals surface area contributed by atoms with Crippen LogP contribution < -0.4 is 4.90 Å². The summed E-state index contributed by atoms with van der Waals surface area (Å²) in [6, 6.07) is 68.3. The molecule has 4 heteroatoms. The van der Waals surface area contributed by atoms with Gasteiger partial charge in [-0.15, -0.1) is 0 Å². The molecular weight excluding hydrogens is 675 g/mol. The van der Waals surface area contributed by atoms with Crippen molar-refractivity contribution in [2.75, 3.05) is 4.90 Å². The van der Waals surface area contributed by atoms with Crippen molar-refractivity contribution in [2.24, 2.45) is 0 Å². The van der Waals surface area contributed by atoms with E-state index >= 15 is 0 Å². The first-order valence-corrected chi connectivity index (χ1v) is 18.1. The van der Waals surface area contributed by atoms with Gasteiger partial charge in [0.25, 0.3) is 0 Å². The summed E-state index contributed by atoms with van der Waals surface area (Å²) in [4.78, 5) is 2.21. The van der Waals surface area contributed by atoms with Crippen molar-refractivity contribution in [3.05, 3.63) is 204 Å². The molecule has 0 bridgehead atoms. The Labute approximate surface area is 313 Å². The van der Waals surface area contributed by atoms with E-state index in [-0.39, 0.29) is 0 Å². The smallest absolute Gasteiger partial charge is 0.0547 e. The van der Waals surface area contributed by atoms with Gasteiger partial charge < -0.3 is 9.47 Å². The Morgan fingerprint density at radius 3 is 1.46 bits per heavy atom. The zero-order valence-electron chi connectivity index (χ0n) is 28.1. The normalized spacial score (nSPS) is 11.3.